The molecule has 3 saturated carbocycles. The van der Waals surface area contributed by atoms with Crippen LogP contribution in [0.4, 0.5) is 0 Å². The van der Waals surface area contributed by atoms with Gasteiger partial charge in [0, 0.05) is 13.1 Å². The normalized spacial score (nSPS) is 46.3. The van der Waals surface area contributed by atoms with Crippen LogP contribution in [0.25, 0.3) is 0 Å². The van der Waals surface area contributed by atoms with Crippen LogP contribution >= 0.6 is 0 Å². The Kier molecular flexibility index (Phi) is 2.97. The van der Waals surface area contributed by atoms with E-state index in [4.69, 9.17) is 0 Å². The van der Waals surface area contributed by atoms with Crippen molar-refractivity contribution >= 4 is 0 Å². The molecule has 3 fully saturated rings. The molecule has 0 aromatic carbocycles. The van der Waals surface area contributed by atoms with E-state index in [2.05, 4.69) is 11.9 Å². The van der Waals surface area contributed by atoms with Crippen molar-refractivity contribution in [3.8, 4) is 0 Å². The summed E-state index contributed by atoms with van der Waals surface area (Å²) in [6, 6.07) is 0. The molecule has 0 amide bonds. The second-order valence-corrected chi connectivity index (χ2v) is 6.65. The van der Waals surface area contributed by atoms with Gasteiger partial charge in [-0.1, -0.05) is 6.42 Å². The molecule has 3 aliphatic rings. The molecule has 16 heavy (non-hydrogen) atoms. The molecule has 0 aromatic rings. The van der Waals surface area contributed by atoms with Crippen molar-refractivity contribution in [1.29, 1.82) is 0 Å². The van der Waals surface area contributed by atoms with E-state index in [0.29, 0.717) is 0 Å². The average molecular weight is 223 g/mol. The Morgan fingerprint density at radius 1 is 1.06 bits per heavy atom. The first kappa shape index (κ1) is 11.0. The highest BCUT2D eigenvalue weighted by molar-refractivity contribution is 4.91. The number of hydrogen-bond donors (Lipinski definition) is 1. The molecule has 0 spiro atoms. The molecule has 0 saturated heterocycles. The number of hydrogen-bond acceptors (Lipinski definition) is 2. The lowest BCUT2D eigenvalue weighted by atomic mass is 9.81. The van der Waals surface area contributed by atoms with Gasteiger partial charge in [-0.2, -0.15) is 0 Å². The maximum absolute atomic E-state index is 9.28. The molecule has 0 radical (unpaired) electrons. The quantitative estimate of drug-likeness (QED) is 0.789. The lowest BCUT2D eigenvalue weighted by molar-refractivity contribution is 0.0251. The van der Waals surface area contributed by atoms with Gasteiger partial charge in [-0.05, 0) is 62.8 Å². The smallest absolute Gasteiger partial charge is 0.0546 e. The Morgan fingerprint density at radius 2 is 1.88 bits per heavy atom. The van der Waals surface area contributed by atoms with Gasteiger partial charge in [0.05, 0.1) is 6.10 Å². The summed E-state index contributed by atoms with van der Waals surface area (Å²) in [6.07, 6.45) is 8.15. The lowest BCUT2D eigenvalue weighted by Crippen LogP contribution is -2.39. The summed E-state index contributed by atoms with van der Waals surface area (Å²) in [6.45, 7) is 2.53. The molecule has 3 unspecified atom stereocenters. The number of rotatable bonds is 4. The number of nitrogens with zero attached hydrogens (tertiary/aromatic N) is 1. The van der Waals surface area contributed by atoms with Crippen molar-refractivity contribution in [3.05, 3.63) is 0 Å². The van der Waals surface area contributed by atoms with Crippen molar-refractivity contribution in [1.82, 2.24) is 4.90 Å². The minimum Gasteiger partial charge on any atom is -0.393 e. The zero-order valence-corrected chi connectivity index (χ0v) is 10.4. The van der Waals surface area contributed by atoms with E-state index in [0.717, 1.165) is 36.5 Å². The highest BCUT2D eigenvalue weighted by atomic mass is 16.3. The van der Waals surface area contributed by atoms with Crippen LogP contribution in [0, 0.1) is 23.7 Å². The maximum Gasteiger partial charge on any atom is 0.0546 e. The first-order valence-corrected chi connectivity index (χ1v) is 7.07. The predicted molar refractivity (Wildman–Crippen MR) is 65.2 cm³/mol. The van der Waals surface area contributed by atoms with Crippen LogP contribution in [-0.2, 0) is 0 Å². The third-order valence-electron chi connectivity index (χ3n) is 5.21. The Hall–Kier alpha value is -0.0800. The van der Waals surface area contributed by atoms with Crippen LogP contribution in [0.2, 0.25) is 0 Å². The second-order valence-electron chi connectivity index (χ2n) is 6.65. The van der Waals surface area contributed by atoms with E-state index in [9.17, 15) is 5.11 Å². The fourth-order valence-electron chi connectivity index (χ4n) is 4.37. The average Bonchev–Trinajstić information content (AvgIpc) is 2.76. The summed E-state index contributed by atoms with van der Waals surface area (Å²) < 4.78 is 0. The molecule has 2 nitrogen and oxygen atoms in total. The summed E-state index contributed by atoms with van der Waals surface area (Å²) >= 11 is 0. The molecule has 92 valence electrons. The molecule has 2 heteroatoms. The van der Waals surface area contributed by atoms with Gasteiger partial charge in [-0.3, -0.25) is 0 Å². The Bertz CT molecular complexity index is 249. The van der Waals surface area contributed by atoms with Crippen molar-refractivity contribution in [3.63, 3.8) is 0 Å². The zero-order valence-electron chi connectivity index (χ0n) is 10.4. The molecule has 0 aromatic heterocycles. The van der Waals surface area contributed by atoms with Crippen LogP contribution in [0.15, 0.2) is 0 Å². The molecule has 3 aliphatic carbocycles. The molecule has 0 heterocycles. The van der Waals surface area contributed by atoms with Crippen LogP contribution in [0.3, 0.4) is 0 Å². The van der Waals surface area contributed by atoms with E-state index in [1.54, 1.807) is 0 Å². The molecule has 2 bridgehead atoms. The standard InChI is InChI=1S/C14H25NO/c1-15(8-11-6-14(16)7-11)9-13-5-10-2-3-12(13)4-10/h10-14,16H,2-9H2,1H3. The highest BCUT2D eigenvalue weighted by Crippen LogP contribution is 2.48. The van der Waals surface area contributed by atoms with Crippen LogP contribution in [-0.4, -0.2) is 36.2 Å². The largest absolute Gasteiger partial charge is 0.393 e. The number of fused-ring (bicyclic) bond motifs is 2. The first-order valence-electron chi connectivity index (χ1n) is 7.07. The van der Waals surface area contributed by atoms with Gasteiger partial charge in [0.15, 0.2) is 0 Å². The van der Waals surface area contributed by atoms with Crippen molar-refractivity contribution in [2.75, 3.05) is 20.1 Å². The second kappa shape index (κ2) is 4.30. The minimum atomic E-state index is 0.0147. The molecule has 0 aliphatic heterocycles. The van der Waals surface area contributed by atoms with Gasteiger partial charge in [0.1, 0.15) is 0 Å². The van der Waals surface area contributed by atoms with Crippen LogP contribution < -0.4 is 0 Å². The molecular weight excluding hydrogens is 198 g/mol. The Labute approximate surface area is 99.0 Å². The molecular formula is C14H25NO. The topological polar surface area (TPSA) is 23.5 Å². The third kappa shape index (κ3) is 2.14. The van der Waals surface area contributed by atoms with E-state index in [1.807, 2.05) is 0 Å². The highest BCUT2D eigenvalue weighted by Gasteiger charge is 2.40. The molecule has 1 N–H and O–H groups in total. The molecule has 3 rings (SSSR count). The SMILES string of the molecule is CN(CC1CC(O)C1)CC1CC2CCC1C2. The Balaban J connectivity index is 1.41. The molecule has 3 atom stereocenters. The number of aliphatic hydroxyl groups excluding tert-OH is 1. The first-order chi connectivity index (χ1) is 7.70. The van der Waals surface area contributed by atoms with Gasteiger partial charge in [0.2, 0.25) is 0 Å². The van der Waals surface area contributed by atoms with Gasteiger partial charge < -0.3 is 10.0 Å². The van der Waals surface area contributed by atoms with E-state index in [-0.39, 0.29) is 6.10 Å². The summed E-state index contributed by atoms with van der Waals surface area (Å²) in [5.74, 6) is 3.90. The van der Waals surface area contributed by atoms with E-state index < -0.39 is 0 Å². The van der Waals surface area contributed by atoms with Gasteiger partial charge >= 0.3 is 0 Å². The number of aliphatic hydroxyl groups is 1. The minimum absolute atomic E-state index is 0.0147. The fraction of sp³-hybridized carbons (Fsp3) is 1.00. The third-order valence-corrected chi connectivity index (χ3v) is 5.21. The van der Waals surface area contributed by atoms with Crippen LogP contribution in [0.5, 0.6) is 0 Å². The van der Waals surface area contributed by atoms with Crippen LogP contribution in [0.1, 0.15) is 38.5 Å². The summed E-state index contributed by atoms with van der Waals surface area (Å²) in [5, 5.41) is 9.28. The van der Waals surface area contributed by atoms with Crippen molar-refractivity contribution < 1.29 is 5.11 Å². The predicted octanol–water partition coefficient (Wildman–Crippen LogP) is 2.13. The van der Waals surface area contributed by atoms with E-state index >= 15 is 0 Å². The lowest BCUT2D eigenvalue weighted by Gasteiger charge is -2.36. The summed E-state index contributed by atoms with van der Waals surface area (Å²) in [4.78, 5) is 2.53. The van der Waals surface area contributed by atoms with Crippen molar-refractivity contribution in [2.24, 2.45) is 23.7 Å². The van der Waals surface area contributed by atoms with E-state index in [1.165, 1.54) is 38.8 Å². The summed E-state index contributed by atoms with van der Waals surface area (Å²) in [5.41, 5.74) is 0. The van der Waals surface area contributed by atoms with Gasteiger partial charge in [-0.25, -0.2) is 0 Å². The van der Waals surface area contributed by atoms with Gasteiger partial charge in [-0.15, -0.1) is 0 Å². The van der Waals surface area contributed by atoms with Gasteiger partial charge in [0.25, 0.3) is 0 Å². The Morgan fingerprint density at radius 3 is 2.44 bits per heavy atom. The summed E-state index contributed by atoms with van der Waals surface area (Å²) in [7, 11) is 2.27. The zero-order chi connectivity index (χ0) is 11.1. The monoisotopic (exact) mass is 223 g/mol. The fourth-order valence-corrected chi connectivity index (χ4v) is 4.37. The maximum atomic E-state index is 9.28. The van der Waals surface area contributed by atoms with Crippen molar-refractivity contribution in [2.45, 2.75) is 44.6 Å².